The number of hydrogen-bond acceptors (Lipinski definition) is 2. The van der Waals surface area contributed by atoms with Crippen molar-refractivity contribution in [1.29, 1.82) is 0 Å². The summed E-state index contributed by atoms with van der Waals surface area (Å²) in [6.45, 7) is 20.3. The van der Waals surface area contributed by atoms with E-state index < -0.39 is 8.07 Å². The van der Waals surface area contributed by atoms with E-state index in [9.17, 15) is 0 Å². The number of nitrogens with zero attached hydrogens (tertiary/aromatic N) is 1. The summed E-state index contributed by atoms with van der Waals surface area (Å²) in [4.78, 5) is 6.74. The topological polar surface area (TPSA) is 12.5 Å². The summed E-state index contributed by atoms with van der Waals surface area (Å²) in [5.41, 5.74) is 6.16. The second-order valence-corrected chi connectivity index (χ2v) is 14.2. The Morgan fingerprint density at radius 1 is 0.821 bits per heavy atom. The Hall–Kier alpha value is -1.16. The molecule has 0 unspecified atom stereocenters. The molecule has 2 aromatic rings. The van der Waals surface area contributed by atoms with E-state index in [1.807, 2.05) is 0 Å². The molecule has 2 rings (SSSR count). The van der Waals surface area contributed by atoms with Crippen LogP contribution in [0.15, 0.2) is 36.4 Å². The van der Waals surface area contributed by atoms with Crippen LogP contribution in [0.25, 0.3) is 0 Å². The number of aryl methyl sites for hydroxylation is 2. The molecule has 0 aliphatic heterocycles. The van der Waals surface area contributed by atoms with Gasteiger partial charge in [0, 0.05) is 35.4 Å². The maximum absolute atomic E-state index is 6.74. The summed E-state index contributed by atoms with van der Waals surface area (Å²) in [5, 5.41) is 2.06. The minimum atomic E-state index is -1.52. The van der Waals surface area contributed by atoms with Crippen molar-refractivity contribution in [3.63, 3.8) is 0 Å². The van der Waals surface area contributed by atoms with E-state index >= 15 is 0 Å². The molecule has 0 amide bonds. The third-order valence-electron chi connectivity index (χ3n) is 4.67. The van der Waals surface area contributed by atoms with Gasteiger partial charge >= 0.3 is 0 Å². The minimum absolute atomic E-state index is 0. The van der Waals surface area contributed by atoms with Crippen LogP contribution in [0.3, 0.4) is 0 Å². The molecule has 4 heteroatoms. The average molecular weight is 434 g/mol. The van der Waals surface area contributed by atoms with Crippen LogP contribution in [0, 0.1) is 20.0 Å². The standard InChI is InChI=1S/C24H36NOSi.V/c1-17(2)21-14-11-15-22(18(3)4)24(21)26-25(16-27(7,8)9)23-19(5)12-10-13-20(23)6;/h10-18H,1-9H3;/q-1;. The zero-order valence-corrected chi connectivity index (χ0v) is 21.4. The summed E-state index contributed by atoms with van der Waals surface area (Å²) in [7, 11) is -1.52. The Bertz CT molecular complexity index is 734. The Morgan fingerprint density at radius 3 is 1.64 bits per heavy atom. The van der Waals surface area contributed by atoms with Crippen molar-refractivity contribution in [2.45, 2.75) is 73.0 Å². The fourth-order valence-corrected chi connectivity index (χ4v) is 4.21. The minimum Gasteiger partial charge on any atom is -0.410 e. The Labute approximate surface area is 185 Å². The summed E-state index contributed by atoms with van der Waals surface area (Å²) in [6.07, 6.45) is 2.32. The SMILES string of the molecule is Cc1cccc(C)c1N([CH-][Si](C)(C)C)Oc1c(C(C)C)cccc1C(C)C.[V]. The molecule has 0 fully saturated rings. The molecule has 0 N–H and O–H groups in total. The van der Waals surface area contributed by atoms with Crippen LogP contribution < -0.4 is 9.90 Å². The molecule has 0 saturated carbocycles. The Morgan fingerprint density at radius 2 is 1.25 bits per heavy atom. The smallest absolute Gasteiger partial charge is 0.158 e. The van der Waals surface area contributed by atoms with Crippen LogP contribution in [0.1, 0.15) is 61.8 Å². The van der Waals surface area contributed by atoms with Gasteiger partial charge in [-0.1, -0.05) is 91.8 Å². The molecule has 0 heterocycles. The molecule has 2 nitrogen and oxygen atoms in total. The van der Waals surface area contributed by atoms with Crippen molar-refractivity contribution in [2.24, 2.45) is 0 Å². The molecule has 0 aliphatic carbocycles. The summed E-state index contributed by atoms with van der Waals surface area (Å²) in [6, 6.07) is 13.0. The maximum Gasteiger partial charge on any atom is 0.158 e. The first-order chi connectivity index (χ1) is 12.5. The number of hydrogen-bond donors (Lipinski definition) is 0. The first kappa shape index (κ1) is 24.9. The molecule has 0 saturated heterocycles. The van der Waals surface area contributed by atoms with Crippen molar-refractivity contribution in [3.8, 4) is 5.75 Å². The quantitative estimate of drug-likeness (QED) is 0.256. The summed E-state index contributed by atoms with van der Waals surface area (Å²) >= 11 is 0. The van der Waals surface area contributed by atoms with E-state index in [4.69, 9.17) is 4.84 Å². The van der Waals surface area contributed by atoms with Crippen molar-refractivity contribution in [1.82, 2.24) is 0 Å². The van der Waals surface area contributed by atoms with E-state index in [1.54, 1.807) is 0 Å². The van der Waals surface area contributed by atoms with Crippen LogP contribution in [0.4, 0.5) is 5.69 Å². The van der Waals surface area contributed by atoms with Crippen LogP contribution in [0.5, 0.6) is 5.75 Å². The third-order valence-corrected chi connectivity index (χ3v) is 5.68. The molecule has 153 valence electrons. The molecule has 0 aromatic heterocycles. The van der Waals surface area contributed by atoms with Crippen LogP contribution in [0.2, 0.25) is 19.6 Å². The van der Waals surface area contributed by atoms with Gasteiger partial charge in [-0.2, -0.15) is 6.17 Å². The van der Waals surface area contributed by atoms with Crippen molar-refractivity contribution in [2.75, 3.05) is 5.06 Å². The van der Waals surface area contributed by atoms with Gasteiger partial charge in [-0.05, 0) is 36.8 Å². The molecule has 1 radical (unpaired) electrons. The van der Waals surface area contributed by atoms with Crippen LogP contribution >= 0.6 is 0 Å². The van der Waals surface area contributed by atoms with E-state index in [0.29, 0.717) is 11.8 Å². The Balaban J connectivity index is 0.00000392. The van der Waals surface area contributed by atoms with Gasteiger partial charge in [0.1, 0.15) is 0 Å². The van der Waals surface area contributed by atoms with Crippen molar-refractivity contribution >= 4 is 13.8 Å². The number of benzene rings is 2. The van der Waals surface area contributed by atoms with Crippen molar-refractivity contribution < 1.29 is 23.4 Å². The third kappa shape index (κ3) is 6.17. The van der Waals surface area contributed by atoms with Gasteiger partial charge in [-0.3, -0.25) is 0 Å². The van der Waals surface area contributed by atoms with Crippen molar-refractivity contribution in [3.05, 3.63) is 64.8 Å². The summed E-state index contributed by atoms with van der Waals surface area (Å²) in [5.74, 6) is 1.83. The molecule has 2 aromatic carbocycles. The normalized spacial score (nSPS) is 11.5. The van der Waals surface area contributed by atoms with E-state index in [2.05, 4.69) is 109 Å². The molecular formula is C24H36NOSiV-. The maximum atomic E-state index is 6.74. The van der Waals surface area contributed by atoms with Gasteiger partial charge in [0.2, 0.25) is 0 Å². The van der Waals surface area contributed by atoms with Gasteiger partial charge in [0.05, 0.1) is 0 Å². The van der Waals surface area contributed by atoms with E-state index in [1.165, 1.54) is 22.3 Å². The molecular weight excluding hydrogens is 397 g/mol. The largest absolute Gasteiger partial charge is 0.410 e. The number of para-hydroxylation sites is 2. The van der Waals surface area contributed by atoms with Gasteiger partial charge in [0.15, 0.2) is 5.75 Å². The zero-order chi connectivity index (χ0) is 20.4. The number of anilines is 1. The second kappa shape index (κ2) is 10.0. The predicted molar refractivity (Wildman–Crippen MR) is 121 cm³/mol. The monoisotopic (exact) mass is 433 g/mol. The summed E-state index contributed by atoms with van der Waals surface area (Å²) < 4.78 is 0. The fourth-order valence-electron chi connectivity index (χ4n) is 3.33. The van der Waals surface area contributed by atoms with Gasteiger partial charge < -0.3 is 9.90 Å². The average Bonchev–Trinajstić information content (AvgIpc) is 2.52. The first-order valence-corrected chi connectivity index (χ1v) is 13.6. The Kier molecular flexibility index (Phi) is 8.93. The first-order valence-electron chi connectivity index (χ1n) is 10.0. The number of hydroxylamine groups is 1. The zero-order valence-electron chi connectivity index (χ0n) is 19.0. The molecule has 0 spiro atoms. The van der Waals surface area contributed by atoms with Gasteiger partial charge in [0.25, 0.3) is 0 Å². The van der Waals surface area contributed by atoms with Crippen LogP contribution in [-0.2, 0) is 18.6 Å². The molecule has 0 atom stereocenters. The van der Waals surface area contributed by atoms with Gasteiger partial charge in [-0.15, -0.1) is 0 Å². The molecule has 28 heavy (non-hydrogen) atoms. The molecule has 0 bridgehead atoms. The predicted octanol–water partition coefficient (Wildman–Crippen LogP) is 7.39. The molecule has 0 aliphatic rings. The van der Waals surface area contributed by atoms with Gasteiger partial charge in [-0.25, -0.2) is 0 Å². The van der Waals surface area contributed by atoms with E-state index in [0.717, 1.165) is 11.4 Å². The second-order valence-electron chi connectivity index (χ2n) is 9.23. The number of rotatable bonds is 7. The van der Waals surface area contributed by atoms with E-state index in [-0.39, 0.29) is 18.6 Å². The van der Waals surface area contributed by atoms with Crippen LogP contribution in [-0.4, -0.2) is 8.07 Å². The fraction of sp³-hybridized carbons (Fsp3) is 0.458.